The summed E-state index contributed by atoms with van der Waals surface area (Å²) in [5.74, 6) is -0.438. The molecule has 12 heteroatoms. The van der Waals surface area contributed by atoms with E-state index in [0.29, 0.717) is 16.3 Å². The Morgan fingerprint density at radius 1 is 0.905 bits per heavy atom. The van der Waals surface area contributed by atoms with Gasteiger partial charge >= 0.3 is 0 Å². The first-order valence-corrected chi connectivity index (χ1v) is 15.2. The third-order valence-corrected chi connectivity index (χ3v) is 8.78. The lowest BCUT2D eigenvalue weighted by atomic mass is 10.1. The monoisotopic (exact) mass is 635 g/mol. The topological polar surface area (TPSA) is 105 Å². The lowest BCUT2D eigenvalue weighted by Crippen LogP contribution is -2.54. The number of carbonyl (C=O) groups excluding carboxylic acids is 2. The van der Waals surface area contributed by atoms with Gasteiger partial charge in [0, 0.05) is 18.2 Å². The van der Waals surface area contributed by atoms with Crippen LogP contribution in [0.25, 0.3) is 0 Å². The summed E-state index contributed by atoms with van der Waals surface area (Å²) in [6.07, 6.45) is 0. The van der Waals surface area contributed by atoms with Crippen molar-refractivity contribution >= 4 is 50.7 Å². The largest absolute Gasteiger partial charge is 0.493 e. The number of methoxy groups -OCH3 is 2. The Labute approximate surface area is 257 Å². The van der Waals surface area contributed by atoms with Crippen LogP contribution >= 0.6 is 23.2 Å². The summed E-state index contributed by atoms with van der Waals surface area (Å²) in [6, 6.07) is 16.4. The lowest BCUT2D eigenvalue weighted by molar-refractivity contribution is -0.140. The number of carbonyl (C=O) groups is 2. The van der Waals surface area contributed by atoms with E-state index in [1.54, 1.807) is 55.5 Å². The van der Waals surface area contributed by atoms with Crippen LogP contribution in [0, 0.1) is 0 Å². The van der Waals surface area contributed by atoms with E-state index in [-0.39, 0.29) is 27.9 Å². The molecular formula is C30H35Cl2N3O6S. The number of ether oxygens (including phenoxy) is 2. The highest BCUT2D eigenvalue weighted by Crippen LogP contribution is 2.32. The molecule has 1 N–H and O–H groups in total. The third-order valence-electron chi connectivity index (χ3n) is 6.27. The normalized spacial score (nSPS) is 12.3. The van der Waals surface area contributed by atoms with Crippen molar-refractivity contribution in [1.82, 2.24) is 10.2 Å². The number of benzene rings is 3. The number of hydrogen-bond acceptors (Lipinski definition) is 6. The van der Waals surface area contributed by atoms with Gasteiger partial charge < -0.3 is 19.7 Å². The molecule has 226 valence electrons. The smallest absolute Gasteiger partial charge is 0.264 e. The second-order valence-electron chi connectivity index (χ2n) is 10.5. The van der Waals surface area contributed by atoms with E-state index in [4.69, 9.17) is 32.7 Å². The Balaban J connectivity index is 2.06. The van der Waals surface area contributed by atoms with Crippen LogP contribution in [0.15, 0.2) is 71.6 Å². The average Bonchev–Trinajstić information content (AvgIpc) is 2.94. The molecule has 0 saturated heterocycles. The van der Waals surface area contributed by atoms with Gasteiger partial charge in [-0.3, -0.25) is 13.9 Å². The minimum atomic E-state index is -4.29. The second kappa shape index (κ2) is 13.7. The quantitative estimate of drug-likeness (QED) is 0.297. The molecule has 42 heavy (non-hydrogen) atoms. The Hall–Kier alpha value is -3.47. The number of nitrogens with zero attached hydrogens (tertiary/aromatic N) is 2. The van der Waals surface area contributed by atoms with Gasteiger partial charge in [-0.1, -0.05) is 47.5 Å². The predicted molar refractivity (Wildman–Crippen MR) is 165 cm³/mol. The number of para-hydroxylation sites is 1. The molecule has 0 saturated carbocycles. The predicted octanol–water partition coefficient (Wildman–Crippen LogP) is 5.54. The number of sulfonamides is 1. The lowest BCUT2D eigenvalue weighted by Gasteiger charge is -2.33. The minimum absolute atomic E-state index is 0.0203. The Bertz CT molecular complexity index is 1530. The van der Waals surface area contributed by atoms with E-state index in [9.17, 15) is 18.0 Å². The van der Waals surface area contributed by atoms with E-state index in [1.165, 1.54) is 37.3 Å². The number of hydrogen-bond donors (Lipinski definition) is 1. The number of nitrogens with one attached hydrogen (secondary N) is 1. The van der Waals surface area contributed by atoms with E-state index in [1.807, 2.05) is 20.8 Å². The molecule has 0 aliphatic carbocycles. The summed E-state index contributed by atoms with van der Waals surface area (Å²) in [5.41, 5.74) is 0.320. The second-order valence-corrected chi connectivity index (χ2v) is 13.2. The van der Waals surface area contributed by atoms with Crippen molar-refractivity contribution in [3.8, 4) is 11.5 Å². The van der Waals surface area contributed by atoms with Crippen molar-refractivity contribution in [2.24, 2.45) is 0 Å². The van der Waals surface area contributed by atoms with Crippen LogP contribution in [0.1, 0.15) is 33.3 Å². The van der Waals surface area contributed by atoms with Gasteiger partial charge in [0.1, 0.15) is 12.6 Å². The highest BCUT2D eigenvalue weighted by molar-refractivity contribution is 7.92. The molecule has 3 aromatic rings. The van der Waals surface area contributed by atoms with Crippen LogP contribution in [0.5, 0.6) is 11.5 Å². The summed E-state index contributed by atoms with van der Waals surface area (Å²) >= 11 is 12.3. The molecule has 0 radical (unpaired) electrons. The van der Waals surface area contributed by atoms with Crippen molar-refractivity contribution < 1.29 is 27.5 Å². The molecule has 1 atom stereocenters. The van der Waals surface area contributed by atoms with Gasteiger partial charge in [-0.2, -0.15) is 0 Å². The average molecular weight is 637 g/mol. The van der Waals surface area contributed by atoms with Crippen LogP contribution in [0.3, 0.4) is 0 Å². The molecule has 3 rings (SSSR count). The molecular weight excluding hydrogens is 601 g/mol. The number of rotatable bonds is 11. The minimum Gasteiger partial charge on any atom is -0.493 e. The summed E-state index contributed by atoms with van der Waals surface area (Å²) in [6.45, 7) is 6.47. The molecule has 0 fully saturated rings. The zero-order chi connectivity index (χ0) is 31.2. The molecule has 1 unspecified atom stereocenters. The molecule has 0 heterocycles. The highest BCUT2D eigenvalue weighted by Gasteiger charge is 2.33. The first kappa shape index (κ1) is 33.0. The van der Waals surface area contributed by atoms with Crippen LogP contribution in [0.2, 0.25) is 10.0 Å². The molecule has 0 bridgehead atoms. The summed E-state index contributed by atoms with van der Waals surface area (Å²) in [4.78, 5) is 28.5. The van der Waals surface area contributed by atoms with Gasteiger partial charge in [-0.25, -0.2) is 8.42 Å². The zero-order valence-electron chi connectivity index (χ0n) is 24.4. The number of halogens is 2. The Kier molecular flexibility index (Phi) is 10.8. The van der Waals surface area contributed by atoms with Crippen LogP contribution in [0.4, 0.5) is 5.69 Å². The first-order chi connectivity index (χ1) is 19.7. The van der Waals surface area contributed by atoms with E-state index >= 15 is 0 Å². The van der Waals surface area contributed by atoms with Crippen LogP contribution < -0.4 is 19.1 Å². The molecule has 0 aliphatic heterocycles. The maximum absolute atomic E-state index is 14.0. The summed E-state index contributed by atoms with van der Waals surface area (Å²) in [7, 11) is -1.44. The maximum Gasteiger partial charge on any atom is 0.264 e. The maximum atomic E-state index is 14.0. The van der Waals surface area contributed by atoms with Gasteiger partial charge in [-0.05, 0) is 69.7 Å². The van der Waals surface area contributed by atoms with Gasteiger partial charge in [0.05, 0.1) is 34.8 Å². The molecule has 3 aromatic carbocycles. The molecule has 9 nitrogen and oxygen atoms in total. The first-order valence-electron chi connectivity index (χ1n) is 13.0. The number of amides is 2. The van der Waals surface area contributed by atoms with Crippen LogP contribution in [-0.2, 0) is 26.2 Å². The molecule has 0 aromatic heterocycles. The van der Waals surface area contributed by atoms with Crippen molar-refractivity contribution in [2.45, 2.75) is 50.7 Å². The Morgan fingerprint density at radius 2 is 1.55 bits per heavy atom. The van der Waals surface area contributed by atoms with Crippen molar-refractivity contribution in [1.29, 1.82) is 0 Å². The molecule has 2 amide bonds. The Morgan fingerprint density at radius 3 is 2.12 bits per heavy atom. The van der Waals surface area contributed by atoms with Gasteiger partial charge in [0.15, 0.2) is 11.5 Å². The highest BCUT2D eigenvalue weighted by atomic mass is 35.5. The van der Waals surface area contributed by atoms with Crippen molar-refractivity contribution in [2.75, 3.05) is 25.1 Å². The third kappa shape index (κ3) is 8.08. The molecule has 0 spiro atoms. The van der Waals surface area contributed by atoms with Gasteiger partial charge in [0.2, 0.25) is 11.8 Å². The number of anilines is 1. The van der Waals surface area contributed by atoms with E-state index in [0.717, 1.165) is 4.31 Å². The fourth-order valence-electron chi connectivity index (χ4n) is 4.12. The van der Waals surface area contributed by atoms with Gasteiger partial charge in [-0.15, -0.1) is 0 Å². The fraction of sp³-hybridized carbons (Fsp3) is 0.333. The summed E-state index contributed by atoms with van der Waals surface area (Å²) in [5, 5.41) is 3.52. The molecule has 0 aliphatic rings. The van der Waals surface area contributed by atoms with Crippen LogP contribution in [-0.4, -0.2) is 57.5 Å². The zero-order valence-corrected chi connectivity index (χ0v) is 26.7. The standard InChI is InChI=1S/C30H35Cl2N3O6S/c1-20(29(37)33-30(2,3)4)34(18-21-12-14-24(31)25(32)16-21)28(36)19-35(22-10-8-7-9-11-22)42(38,39)23-13-15-26(40-5)27(17-23)41-6/h7-17,20H,18-19H2,1-6H3,(H,33,37). The van der Waals surface area contributed by atoms with Crippen molar-refractivity contribution in [3.05, 3.63) is 82.3 Å². The van der Waals surface area contributed by atoms with Gasteiger partial charge in [0.25, 0.3) is 10.0 Å². The van der Waals surface area contributed by atoms with E-state index in [2.05, 4.69) is 5.32 Å². The fourth-order valence-corrected chi connectivity index (χ4v) is 5.87. The van der Waals surface area contributed by atoms with Crippen molar-refractivity contribution in [3.63, 3.8) is 0 Å². The summed E-state index contributed by atoms with van der Waals surface area (Å²) < 4.78 is 39.6. The SMILES string of the molecule is COc1ccc(S(=O)(=O)N(CC(=O)N(Cc2ccc(Cl)c(Cl)c2)C(C)C(=O)NC(C)(C)C)c2ccccc2)cc1OC. The van der Waals surface area contributed by atoms with E-state index < -0.39 is 40.0 Å².